The number of unbranched alkanes of at least 4 members (excludes halogenated alkanes) is 3. The largest absolute Gasteiger partial charge is 0.352 e. The van der Waals surface area contributed by atoms with Crippen LogP contribution in [0, 0.1) is 0 Å². The van der Waals surface area contributed by atoms with Crippen LogP contribution in [0.3, 0.4) is 0 Å². The second-order valence-electron chi connectivity index (χ2n) is 4.20. The van der Waals surface area contributed by atoms with Crippen molar-refractivity contribution in [1.82, 2.24) is 10.6 Å². The van der Waals surface area contributed by atoms with Gasteiger partial charge >= 0.3 is 0 Å². The van der Waals surface area contributed by atoms with E-state index < -0.39 is 0 Å². The average molecular weight is 226 g/mol. The van der Waals surface area contributed by atoms with E-state index in [2.05, 4.69) is 24.1 Å². The van der Waals surface area contributed by atoms with Gasteiger partial charge in [0.25, 0.3) is 0 Å². The van der Waals surface area contributed by atoms with Crippen LogP contribution >= 0.6 is 0 Å². The first kappa shape index (κ1) is 15.2. The van der Waals surface area contributed by atoms with Crippen molar-refractivity contribution in [3.8, 4) is 0 Å². The summed E-state index contributed by atoms with van der Waals surface area (Å²) in [6, 6.07) is 0. The van der Waals surface area contributed by atoms with Crippen LogP contribution in [0.2, 0.25) is 0 Å². The molecule has 3 heteroatoms. The Kier molecular flexibility index (Phi) is 10.1. The normalized spacial score (nSPS) is 10.1. The zero-order chi connectivity index (χ0) is 12.2. The SMILES string of the molecule is C=C(C)C(=O)NCCCNCCCCCC. The fraction of sp³-hybridized carbons (Fsp3) is 0.769. The molecule has 3 nitrogen and oxygen atoms in total. The summed E-state index contributed by atoms with van der Waals surface area (Å²) in [5, 5.41) is 6.19. The van der Waals surface area contributed by atoms with Gasteiger partial charge in [-0.05, 0) is 32.9 Å². The fourth-order valence-electron chi connectivity index (χ4n) is 1.37. The van der Waals surface area contributed by atoms with E-state index in [0.717, 1.165) is 26.1 Å². The van der Waals surface area contributed by atoms with E-state index in [0.29, 0.717) is 5.57 Å². The molecular weight excluding hydrogens is 200 g/mol. The molecule has 0 aliphatic rings. The minimum absolute atomic E-state index is 0.0389. The van der Waals surface area contributed by atoms with Crippen molar-refractivity contribution in [1.29, 1.82) is 0 Å². The van der Waals surface area contributed by atoms with Gasteiger partial charge in [-0.25, -0.2) is 0 Å². The summed E-state index contributed by atoms with van der Waals surface area (Å²) in [4.78, 5) is 11.1. The summed E-state index contributed by atoms with van der Waals surface area (Å²) in [7, 11) is 0. The van der Waals surface area contributed by atoms with Gasteiger partial charge < -0.3 is 10.6 Å². The Labute approximate surface area is 99.7 Å². The predicted molar refractivity (Wildman–Crippen MR) is 69.5 cm³/mol. The molecule has 0 atom stereocenters. The molecule has 0 saturated heterocycles. The van der Waals surface area contributed by atoms with Crippen LogP contribution in [-0.2, 0) is 4.79 Å². The topological polar surface area (TPSA) is 41.1 Å². The molecule has 0 bridgehead atoms. The van der Waals surface area contributed by atoms with Crippen LogP contribution in [0.4, 0.5) is 0 Å². The lowest BCUT2D eigenvalue weighted by Gasteiger charge is -2.06. The maximum absolute atomic E-state index is 11.1. The summed E-state index contributed by atoms with van der Waals surface area (Å²) in [6.07, 6.45) is 6.16. The van der Waals surface area contributed by atoms with Gasteiger partial charge in [0.1, 0.15) is 0 Å². The van der Waals surface area contributed by atoms with Gasteiger partial charge in [-0.1, -0.05) is 32.8 Å². The highest BCUT2D eigenvalue weighted by Gasteiger charge is 1.98. The zero-order valence-corrected chi connectivity index (χ0v) is 10.8. The van der Waals surface area contributed by atoms with Gasteiger partial charge in [0, 0.05) is 12.1 Å². The fourth-order valence-corrected chi connectivity index (χ4v) is 1.37. The van der Waals surface area contributed by atoms with Crippen molar-refractivity contribution in [3.05, 3.63) is 12.2 Å². The first-order valence-electron chi connectivity index (χ1n) is 6.33. The number of hydrogen-bond donors (Lipinski definition) is 2. The summed E-state index contributed by atoms with van der Waals surface area (Å²) in [5.74, 6) is -0.0389. The number of carbonyl (C=O) groups excluding carboxylic acids is 1. The number of carbonyl (C=O) groups is 1. The Morgan fingerprint density at radius 1 is 1.06 bits per heavy atom. The lowest BCUT2D eigenvalue weighted by atomic mass is 10.2. The second kappa shape index (κ2) is 10.7. The lowest BCUT2D eigenvalue weighted by Crippen LogP contribution is -2.27. The first-order valence-corrected chi connectivity index (χ1v) is 6.33. The quantitative estimate of drug-likeness (QED) is 0.443. The van der Waals surface area contributed by atoms with E-state index in [1.165, 1.54) is 25.7 Å². The van der Waals surface area contributed by atoms with Crippen LogP contribution in [0.25, 0.3) is 0 Å². The standard InChI is InChI=1S/C13H26N2O/c1-4-5-6-7-9-14-10-8-11-15-13(16)12(2)3/h14H,2,4-11H2,1,3H3,(H,15,16). The van der Waals surface area contributed by atoms with Crippen LogP contribution < -0.4 is 10.6 Å². The molecule has 0 aliphatic carbocycles. The van der Waals surface area contributed by atoms with Gasteiger partial charge in [-0.3, -0.25) is 4.79 Å². The molecule has 0 rings (SSSR count). The maximum atomic E-state index is 11.1. The van der Waals surface area contributed by atoms with Crippen molar-refractivity contribution in [2.75, 3.05) is 19.6 Å². The summed E-state index contributed by atoms with van der Waals surface area (Å²) in [5.41, 5.74) is 0.576. The van der Waals surface area contributed by atoms with Crippen LogP contribution in [0.5, 0.6) is 0 Å². The molecule has 0 saturated carbocycles. The van der Waals surface area contributed by atoms with E-state index in [1.54, 1.807) is 6.92 Å². The second-order valence-corrected chi connectivity index (χ2v) is 4.20. The highest BCUT2D eigenvalue weighted by molar-refractivity contribution is 5.91. The molecule has 0 aliphatic heterocycles. The molecule has 0 aromatic rings. The molecule has 0 aromatic heterocycles. The predicted octanol–water partition coefficient (Wildman–Crippen LogP) is 2.24. The van der Waals surface area contributed by atoms with Crippen LogP contribution in [-0.4, -0.2) is 25.5 Å². The summed E-state index contributed by atoms with van der Waals surface area (Å²) in [6.45, 7) is 10.3. The van der Waals surface area contributed by atoms with E-state index in [1.807, 2.05) is 0 Å². The van der Waals surface area contributed by atoms with E-state index in [-0.39, 0.29) is 5.91 Å². The third kappa shape index (κ3) is 9.71. The minimum atomic E-state index is -0.0389. The lowest BCUT2D eigenvalue weighted by molar-refractivity contribution is -0.117. The van der Waals surface area contributed by atoms with Crippen molar-refractivity contribution in [2.45, 2.75) is 46.0 Å². The minimum Gasteiger partial charge on any atom is -0.352 e. The van der Waals surface area contributed by atoms with Crippen molar-refractivity contribution in [2.24, 2.45) is 0 Å². The van der Waals surface area contributed by atoms with E-state index in [9.17, 15) is 4.79 Å². The van der Waals surface area contributed by atoms with Gasteiger partial charge in [-0.15, -0.1) is 0 Å². The Balaban J connectivity index is 3.10. The van der Waals surface area contributed by atoms with Crippen LogP contribution in [0.15, 0.2) is 12.2 Å². The first-order chi connectivity index (χ1) is 7.68. The monoisotopic (exact) mass is 226 g/mol. The van der Waals surface area contributed by atoms with E-state index in [4.69, 9.17) is 0 Å². The van der Waals surface area contributed by atoms with Crippen LogP contribution in [0.1, 0.15) is 46.0 Å². The number of hydrogen-bond acceptors (Lipinski definition) is 2. The third-order valence-corrected chi connectivity index (χ3v) is 2.41. The highest BCUT2D eigenvalue weighted by atomic mass is 16.1. The maximum Gasteiger partial charge on any atom is 0.246 e. The zero-order valence-electron chi connectivity index (χ0n) is 10.8. The molecule has 0 radical (unpaired) electrons. The molecule has 0 aromatic carbocycles. The Morgan fingerprint density at radius 2 is 1.75 bits per heavy atom. The Hall–Kier alpha value is -0.830. The Bertz CT molecular complexity index is 202. The van der Waals surface area contributed by atoms with Crippen molar-refractivity contribution in [3.63, 3.8) is 0 Å². The van der Waals surface area contributed by atoms with Gasteiger partial charge in [-0.2, -0.15) is 0 Å². The summed E-state index contributed by atoms with van der Waals surface area (Å²) >= 11 is 0. The van der Waals surface area contributed by atoms with Gasteiger partial charge in [0.15, 0.2) is 0 Å². The van der Waals surface area contributed by atoms with Gasteiger partial charge in [0.05, 0.1) is 0 Å². The summed E-state index contributed by atoms with van der Waals surface area (Å²) < 4.78 is 0. The number of amides is 1. The van der Waals surface area contributed by atoms with Crippen molar-refractivity contribution < 1.29 is 4.79 Å². The average Bonchev–Trinajstić information content (AvgIpc) is 2.26. The Morgan fingerprint density at radius 3 is 2.38 bits per heavy atom. The smallest absolute Gasteiger partial charge is 0.246 e. The van der Waals surface area contributed by atoms with Gasteiger partial charge in [0.2, 0.25) is 5.91 Å². The molecule has 16 heavy (non-hydrogen) atoms. The molecule has 1 amide bonds. The molecule has 0 fully saturated rings. The number of nitrogens with one attached hydrogen (secondary N) is 2. The van der Waals surface area contributed by atoms with E-state index >= 15 is 0 Å². The van der Waals surface area contributed by atoms with Crippen molar-refractivity contribution >= 4 is 5.91 Å². The number of rotatable bonds is 10. The highest BCUT2D eigenvalue weighted by Crippen LogP contribution is 1.96. The molecule has 94 valence electrons. The molecule has 2 N–H and O–H groups in total. The molecular formula is C13H26N2O. The molecule has 0 unspecified atom stereocenters. The third-order valence-electron chi connectivity index (χ3n) is 2.41. The molecule has 0 heterocycles. The molecule has 0 spiro atoms.